The smallest absolute Gasteiger partial charge is 0.255 e. The van der Waals surface area contributed by atoms with Crippen molar-refractivity contribution in [3.05, 3.63) is 42.0 Å². The molecule has 0 heterocycles. The summed E-state index contributed by atoms with van der Waals surface area (Å²) in [7, 11) is 0. The zero-order chi connectivity index (χ0) is 14.1. The molecule has 1 atom stereocenters. The first-order valence-electron chi connectivity index (χ1n) is 6.80. The number of alkyl halides is 1. The molecule has 104 valence electrons. The van der Waals surface area contributed by atoms with Gasteiger partial charge in [0.15, 0.2) is 0 Å². The number of rotatable bonds is 4. The van der Waals surface area contributed by atoms with E-state index >= 15 is 0 Å². The molecule has 4 heteroatoms. The summed E-state index contributed by atoms with van der Waals surface area (Å²) >= 11 is 3.59. The van der Waals surface area contributed by atoms with Gasteiger partial charge in [-0.1, -0.05) is 46.3 Å². The summed E-state index contributed by atoms with van der Waals surface area (Å²) < 4.78 is 0. The second kappa shape index (κ2) is 5.44. The first-order valence-corrected chi connectivity index (χ1v) is 7.71. The van der Waals surface area contributed by atoms with Crippen molar-refractivity contribution in [2.75, 3.05) is 6.54 Å². The number of carbonyl (C=O) groups excluding carboxylic acids is 1. The van der Waals surface area contributed by atoms with Crippen molar-refractivity contribution in [3.63, 3.8) is 0 Å². The summed E-state index contributed by atoms with van der Waals surface area (Å²) in [6, 6.07) is 11.0. The number of amides is 1. The number of halogens is 1. The highest BCUT2D eigenvalue weighted by molar-refractivity contribution is 9.09. The van der Waals surface area contributed by atoms with E-state index < -0.39 is 0 Å². The van der Waals surface area contributed by atoms with Gasteiger partial charge in [-0.15, -0.1) is 0 Å². The van der Waals surface area contributed by atoms with E-state index in [2.05, 4.69) is 21.2 Å². The molecule has 2 aromatic rings. The van der Waals surface area contributed by atoms with E-state index in [4.69, 9.17) is 0 Å². The second-order valence-electron chi connectivity index (χ2n) is 5.25. The Kier molecular flexibility index (Phi) is 3.66. The lowest BCUT2D eigenvalue weighted by molar-refractivity contribution is 0.0951. The Morgan fingerprint density at radius 1 is 1.30 bits per heavy atom. The maximum absolute atomic E-state index is 12.2. The predicted molar refractivity (Wildman–Crippen MR) is 83.4 cm³/mol. The molecule has 1 aliphatic carbocycles. The lowest BCUT2D eigenvalue weighted by atomic mass is 10.0. The van der Waals surface area contributed by atoms with Crippen LogP contribution in [0.25, 0.3) is 10.8 Å². The van der Waals surface area contributed by atoms with E-state index in [1.807, 2.05) is 30.3 Å². The summed E-state index contributed by atoms with van der Waals surface area (Å²) in [5.41, 5.74) is 0.333. The Hall–Kier alpha value is -1.55. The third-order valence-electron chi connectivity index (χ3n) is 3.74. The van der Waals surface area contributed by atoms with Gasteiger partial charge in [-0.05, 0) is 30.2 Å². The van der Waals surface area contributed by atoms with Crippen LogP contribution >= 0.6 is 15.9 Å². The fraction of sp³-hybridized carbons (Fsp3) is 0.312. The third-order valence-corrected chi connectivity index (χ3v) is 4.81. The van der Waals surface area contributed by atoms with E-state index in [1.54, 1.807) is 6.07 Å². The number of carbonyl (C=O) groups is 1. The maximum atomic E-state index is 12.2. The summed E-state index contributed by atoms with van der Waals surface area (Å²) in [6.45, 7) is 0.593. The topological polar surface area (TPSA) is 49.3 Å². The van der Waals surface area contributed by atoms with Crippen molar-refractivity contribution in [2.45, 2.75) is 17.7 Å². The lowest BCUT2D eigenvalue weighted by Gasteiger charge is -2.12. The molecular formula is C16H16BrNO2. The van der Waals surface area contributed by atoms with Crippen molar-refractivity contribution < 1.29 is 9.90 Å². The number of aromatic hydroxyl groups is 1. The van der Waals surface area contributed by atoms with Gasteiger partial charge < -0.3 is 10.4 Å². The number of phenolic OH excluding ortho intramolecular Hbond substituents is 1. The standard InChI is InChI=1S/C16H16BrNO2/c17-14(11-5-6-11)9-18-16(20)13-8-7-10-3-1-2-4-12(10)15(13)19/h1-4,7-8,11,14,19H,5-6,9H2,(H,18,20). The number of phenols is 1. The summed E-state index contributed by atoms with van der Waals surface area (Å²) in [5.74, 6) is 0.511. The van der Waals surface area contributed by atoms with Gasteiger partial charge in [0.2, 0.25) is 0 Å². The van der Waals surface area contributed by atoms with Crippen molar-refractivity contribution in [2.24, 2.45) is 5.92 Å². The molecule has 2 N–H and O–H groups in total. The van der Waals surface area contributed by atoms with E-state index in [9.17, 15) is 9.90 Å². The van der Waals surface area contributed by atoms with Crippen LogP contribution in [0.2, 0.25) is 0 Å². The number of nitrogens with one attached hydrogen (secondary N) is 1. The first-order chi connectivity index (χ1) is 9.66. The molecule has 0 saturated heterocycles. The number of hydrogen-bond donors (Lipinski definition) is 2. The van der Waals surface area contributed by atoms with E-state index in [-0.39, 0.29) is 11.7 Å². The van der Waals surface area contributed by atoms with E-state index in [0.717, 1.165) is 5.39 Å². The van der Waals surface area contributed by atoms with Crippen LogP contribution in [0.5, 0.6) is 5.75 Å². The number of fused-ring (bicyclic) bond motifs is 1. The highest BCUT2D eigenvalue weighted by Crippen LogP contribution is 2.36. The van der Waals surface area contributed by atoms with Crippen molar-refractivity contribution in [1.82, 2.24) is 5.32 Å². The van der Waals surface area contributed by atoms with Gasteiger partial charge in [-0.2, -0.15) is 0 Å². The molecule has 3 rings (SSSR count). The van der Waals surface area contributed by atoms with Crippen LogP contribution in [-0.4, -0.2) is 22.4 Å². The molecule has 2 aromatic carbocycles. The molecule has 0 spiro atoms. The maximum Gasteiger partial charge on any atom is 0.255 e. The van der Waals surface area contributed by atoms with Crippen LogP contribution < -0.4 is 5.32 Å². The molecule has 0 radical (unpaired) electrons. The quantitative estimate of drug-likeness (QED) is 0.842. The fourth-order valence-electron chi connectivity index (χ4n) is 2.35. The third kappa shape index (κ3) is 2.66. The Morgan fingerprint density at radius 2 is 2.05 bits per heavy atom. The zero-order valence-electron chi connectivity index (χ0n) is 11.0. The molecular weight excluding hydrogens is 318 g/mol. The van der Waals surface area contributed by atoms with Crippen LogP contribution in [0.1, 0.15) is 23.2 Å². The highest BCUT2D eigenvalue weighted by Gasteiger charge is 2.29. The minimum atomic E-state index is -0.224. The van der Waals surface area contributed by atoms with Crippen LogP contribution in [-0.2, 0) is 0 Å². The molecule has 0 bridgehead atoms. The van der Waals surface area contributed by atoms with Crippen molar-refractivity contribution in [3.8, 4) is 5.75 Å². The van der Waals surface area contributed by atoms with Gasteiger partial charge in [0.25, 0.3) is 5.91 Å². The van der Waals surface area contributed by atoms with E-state index in [0.29, 0.717) is 28.2 Å². The van der Waals surface area contributed by atoms with Gasteiger partial charge in [-0.3, -0.25) is 4.79 Å². The molecule has 20 heavy (non-hydrogen) atoms. The minimum Gasteiger partial charge on any atom is -0.506 e. The molecule has 1 amide bonds. The minimum absolute atomic E-state index is 0.0538. The largest absolute Gasteiger partial charge is 0.506 e. The fourth-order valence-corrected chi connectivity index (χ4v) is 3.04. The monoisotopic (exact) mass is 333 g/mol. The van der Waals surface area contributed by atoms with Crippen LogP contribution in [0.15, 0.2) is 36.4 Å². The summed E-state index contributed by atoms with van der Waals surface area (Å²) in [6.07, 6.45) is 2.46. The zero-order valence-corrected chi connectivity index (χ0v) is 12.6. The molecule has 0 aromatic heterocycles. The molecule has 1 unspecified atom stereocenters. The Labute approximate surface area is 126 Å². The normalized spacial score (nSPS) is 16.1. The lowest BCUT2D eigenvalue weighted by Crippen LogP contribution is -2.30. The molecule has 1 fully saturated rings. The van der Waals surface area contributed by atoms with Gasteiger partial charge in [0.05, 0.1) is 5.56 Å². The summed E-state index contributed by atoms with van der Waals surface area (Å²) in [4.78, 5) is 12.5. The average Bonchev–Trinajstić information content (AvgIpc) is 3.30. The Bertz CT molecular complexity index is 652. The first kappa shape index (κ1) is 13.4. The molecule has 1 aliphatic rings. The molecule has 1 saturated carbocycles. The van der Waals surface area contributed by atoms with E-state index in [1.165, 1.54) is 12.8 Å². The summed E-state index contributed by atoms with van der Waals surface area (Å²) in [5, 5.41) is 14.7. The van der Waals surface area contributed by atoms with Crippen LogP contribution in [0, 0.1) is 5.92 Å². The molecule has 3 nitrogen and oxygen atoms in total. The average molecular weight is 334 g/mol. The Morgan fingerprint density at radius 3 is 2.80 bits per heavy atom. The van der Waals surface area contributed by atoms with Gasteiger partial charge in [0, 0.05) is 16.8 Å². The van der Waals surface area contributed by atoms with Gasteiger partial charge >= 0.3 is 0 Å². The molecule has 0 aliphatic heterocycles. The SMILES string of the molecule is O=C(NCC(Br)C1CC1)c1ccc2ccccc2c1O. The van der Waals surface area contributed by atoms with Gasteiger partial charge in [-0.25, -0.2) is 0 Å². The predicted octanol–water partition coefficient (Wildman–Crippen LogP) is 3.45. The van der Waals surface area contributed by atoms with Crippen molar-refractivity contribution in [1.29, 1.82) is 0 Å². The second-order valence-corrected chi connectivity index (χ2v) is 6.42. The van der Waals surface area contributed by atoms with Gasteiger partial charge in [0.1, 0.15) is 5.75 Å². The number of benzene rings is 2. The number of hydrogen-bond acceptors (Lipinski definition) is 2. The highest BCUT2D eigenvalue weighted by atomic mass is 79.9. The van der Waals surface area contributed by atoms with Crippen LogP contribution in [0.4, 0.5) is 0 Å². The van der Waals surface area contributed by atoms with Crippen LogP contribution in [0.3, 0.4) is 0 Å². The Balaban J connectivity index is 1.78. The van der Waals surface area contributed by atoms with Crippen molar-refractivity contribution >= 4 is 32.6 Å².